The van der Waals surface area contributed by atoms with Gasteiger partial charge in [0, 0.05) is 49.1 Å². The van der Waals surface area contributed by atoms with Gasteiger partial charge in [-0.05, 0) is 18.2 Å². The van der Waals surface area contributed by atoms with Crippen LogP contribution in [0, 0.1) is 0 Å². The molecule has 118 valence electrons. The van der Waals surface area contributed by atoms with E-state index >= 15 is 0 Å². The highest BCUT2D eigenvalue weighted by Gasteiger charge is 2.26. The normalized spacial score (nSPS) is 15.9. The molecule has 1 saturated heterocycles. The number of amides is 1. The van der Waals surface area contributed by atoms with Crippen molar-refractivity contribution in [3.63, 3.8) is 0 Å². The van der Waals surface area contributed by atoms with E-state index in [-0.39, 0.29) is 12.0 Å². The van der Waals surface area contributed by atoms with Crippen molar-refractivity contribution >= 4 is 16.8 Å². The summed E-state index contributed by atoms with van der Waals surface area (Å²) in [5, 5.41) is 4.67. The first-order valence-electron chi connectivity index (χ1n) is 7.74. The molecule has 23 heavy (non-hydrogen) atoms. The van der Waals surface area contributed by atoms with E-state index in [1.807, 2.05) is 30.5 Å². The van der Waals surface area contributed by atoms with Gasteiger partial charge in [0.15, 0.2) is 0 Å². The lowest BCUT2D eigenvalue weighted by molar-refractivity contribution is 0.0560. The van der Waals surface area contributed by atoms with Crippen molar-refractivity contribution in [3.05, 3.63) is 48.5 Å². The van der Waals surface area contributed by atoms with Gasteiger partial charge in [0.2, 0.25) is 5.76 Å². The number of likely N-dealkylation sites (tertiary alicyclic amines) is 1. The van der Waals surface area contributed by atoms with Crippen molar-refractivity contribution in [3.8, 4) is 5.75 Å². The minimum absolute atomic E-state index is 0.103. The Kier molecular flexibility index (Phi) is 3.49. The van der Waals surface area contributed by atoms with E-state index in [1.54, 1.807) is 11.0 Å². The van der Waals surface area contributed by atoms with E-state index in [0.29, 0.717) is 18.8 Å². The van der Waals surface area contributed by atoms with Crippen LogP contribution < -0.4 is 4.74 Å². The van der Waals surface area contributed by atoms with Crippen LogP contribution >= 0.6 is 0 Å². The number of nitrogens with zero attached hydrogens (tertiary/aromatic N) is 2. The van der Waals surface area contributed by atoms with E-state index in [1.165, 1.54) is 6.20 Å². The molecular formula is C17H17N3O3. The summed E-state index contributed by atoms with van der Waals surface area (Å²) >= 11 is 0. The monoisotopic (exact) mass is 311 g/mol. The fourth-order valence-corrected chi connectivity index (χ4v) is 3.00. The second-order valence-electron chi connectivity index (χ2n) is 5.68. The molecule has 0 aliphatic carbocycles. The number of aromatic amines is 1. The summed E-state index contributed by atoms with van der Waals surface area (Å²) in [5.41, 5.74) is 1.07. The first kappa shape index (κ1) is 13.9. The van der Waals surface area contributed by atoms with Gasteiger partial charge in [-0.15, -0.1) is 0 Å². The van der Waals surface area contributed by atoms with Crippen molar-refractivity contribution in [2.45, 2.75) is 18.9 Å². The first-order valence-corrected chi connectivity index (χ1v) is 7.74. The minimum atomic E-state index is -0.103. The molecule has 0 radical (unpaired) electrons. The average molecular weight is 311 g/mol. The molecular weight excluding hydrogens is 294 g/mol. The van der Waals surface area contributed by atoms with Gasteiger partial charge < -0.3 is 19.1 Å². The molecule has 0 bridgehead atoms. The second-order valence-corrected chi connectivity index (χ2v) is 5.68. The zero-order valence-corrected chi connectivity index (χ0v) is 12.6. The Morgan fingerprint density at radius 2 is 2.13 bits per heavy atom. The molecule has 2 aromatic heterocycles. The number of piperidine rings is 1. The molecule has 6 heteroatoms. The maximum Gasteiger partial charge on any atom is 0.292 e. The predicted molar refractivity (Wildman–Crippen MR) is 84.4 cm³/mol. The lowest BCUT2D eigenvalue weighted by atomic mass is 10.1. The Labute approximate surface area is 133 Å². The topological polar surface area (TPSA) is 71.4 Å². The number of nitrogens with one attached hydrogen (secondary N) is 1. The molecule has 1 aliphatic heterocycles. The van der Waals surface area contributed by atoms with Crippen molar-refractivity contribution in [2.24, 2.45) is 0 Å². The number of H-pyrrole nitrogens is 1. The third-order valence-corrected chi connectivity index (χ3v) is 4.23. The standard InChI is InChI=1S/C17H17N3O3/c21-17(16-5-9-19-23-16)20-10-6-12(7-11-20)22-15-3-1-2-14-13(15)4-8-18-14/h1-5,8-9,12,18H,6-7,10-11H2. The van der Waals surface area contributed by atoms with Crippen LogP contribution in [0.15, 0.2) is 47.2 Å². The van der Waals surface area contributed by atoms with Crippen LogP contribution in [0.2, 0.25) is 0 Å². The van der Waals surface area contributed by atoms with Gasteiger partial charge in [0.1, 0.15) is 11.9 Å². The molecule has 1 fully saturated rings. The Morgan fingerprint density at radius 1 is 1.26 bits per heavy atom. The number of hydrogen-bond acceptors (Lipinski definition) is 4. The zero-order chi connectivity index (χ0) is 15.6. The van der Waals surface area contributed by atoms with E-state index in [0.717, 1.165) is 29.5 Å². The molecule has 6 nitrogen and oxygen atoms in total. The summed E-state index contributed by atoms with van der Waals surface area (Å²) in [6, 6.07) is 9.62. The van der Waals surface area contributed by atoms with Crippen LogP contribution in [0.1, 0.15) is 23.4 Å². The van der Waals surface area contributed by atoms with Crippen LogP contribution in [0.4, 0.5) is 0 Å². The van der Waals surface area contributed by atoms with Crippen LogP contribution in [0.5, 0.6) is 5.75 Å². The Morgan fingerprint density at radius 3 is 2.91 bits per heavy atom. The van der Waals surface area contributed by atoms with Gasteiger partial charge in [-0.3, -0.25) is 4.79 Å². The van der Waals surface area contributed by atoms with Crippen molar-refractivity contribution < 1.29 is 14.1 Å². The molecule has 1 aromatic carbocycles. The number of aromatic nitrogens is 2. The molecule has 0 spiro atoms. The number of carbonyl (C=O) groups is 1. The van der Waals surface area contributed by atoms with E-state index < -0.39 is 0 Å². The fraction of sp³-hybridized carbons (Fsp3) is 0.294. The number of fused-ring (bicyclic) bond motifs is 1. The number of benzene rings is 1. The molecule has 3 aromatic rings. The van der Waals surface area contributed by atoms with Gasteiger partial charge in [-0.1, -0.05) is 11.2 Å². The predicted octanol–water partition coefficient (Wildman–Crippen LogP) is 2.84. The lowest BCUT2D eigenvalue weighted by Gasteiger charge is -2.31. The highest BCUT2D eigenvalue weighted by Crippen LogP contribution is 2.27. The van der Waals surface area contributed by atoms with Crippen molar-refractivity contribution in [1.82, 2.24) is 15.0 Å². The van der Waals surface area contributed by atoms with Gasteiger partial charge in [0.05, 0.1) is 6.20 Å². The SMILES string of the molecule is O=C(c1ccno1)N1CCC(Oc2cccc3[nH]ccc23)CC1. The molecule has 3 heterocycles. The molecule has 1 amide bonds. The molecule has 1 aliphatic rings. The first-order chi connectivity index (χ1) is 11.3. The Bertz CT molecular complexity index is 801. The largest absolute Gasteiger partial charge is 0.490 e. The van der Waals surface area contributed by atoms with Crippen molar-refractivity contribution in [1.29, 1.82) is 0 Å². The summed E-state index contributed by atoms with van der Waals surface area (Å²) in [7, 11) is 0. The third-order valence-electron chi connectivity index (χ3n) is 4.23. The fourth-order valence-electron chi connectivity index (χ4n) is 3.00. The van der Waals surface area contributed by atoms with E-state index in [4.69, 9.17) is 9.26 Å². The zero-order valence-electron chi connectivity index (χ0n) is 12.6. The molecule has 0 saturated carbocycles. The van der Waals surface area contributed by atoms with Gasteiger partial charge >= 0.3 is 0 Å². The molecule has 1 N–H and O–H groups in total. The second kappa shape index (κ2) is 5.79. The summed E-state index contributed by atoms with van der Waals surface area (Å²) in [5.74, 6) is 1.08. The van der Waals surface area contributed by atoms with E-state index in [2.05, 4.69) is 10.1 Å². The Balaban J connectivity index is 1.40. The number of ether oxygens (including phenoxy) is 1. The highest BCUT2D eigenvalue weighted by atomic mass is 16.5. The van der Waals surface area contributed by atoms with Gasteiger partial charge in [-0.25, -0.2) is 0 Å². The lowest BCUT2D eigenvalue weighted by Crippen LogP contribution is -2.41. The Hall–Kier alpha value is -2.76. The van der Waals surface area contributed by atoms with Crippen molar-refractivity contribution in [2.75, 3.05) is 13.1 Å². The summed E-state index contributed by atoms with van der Waals surface area (Å²) < 4.78 is 11.1. The molecule has 0 unspecified atom stereocenters. The van der Waals surface area contributed by atoms with Gasteiger partial charge in [0.25, 0.3) is 5.91 Å². The van der Waals surface area contributed by atoms with Crippen LogP contribution in [0.3, 0.4) is 0 Å². The minimum Gasteiger partial charge on any atom is -0.490 e. The maximum atomic E-state index is 12.2. The summed E-state index contributed by atoms with van der Waals surface area (Å²) in [6.45, 7) is 1.32. The van der Waals surface area contributed by atoms with Crippen LogP contribution in [0.25, 0.3) is 10.9 Å². The highest BCUT2D eigenvalue weighted by molar-refractivity contribution is 5.91. The number of carbonyl (C=O) groups excluding carboxylic acids is 1. The summed E-state index contributed by atoms with van der Waals surface area (Å²) in [4.78, 5) is 17.2. The summed E-state index contributed by atoms with van der Waals surface area (Å²) in [6.07, 6.45) is 5.13. The van der Waals surface area contributed by atoms with Crippen LogP contribution in [-0.4, -0.2) is 40.1 Å². The quantitative estimate of drug-likeness (QED) is 0.807. The maximum absolute atomic E-state index is 12.2. The number of hydrogen-bond donors (Lipinski definition) is 1. The van der Waals surface area contributed by atoms with Crippen LogP contribution in [-0.2, 0) is 0 Å². The molecule has 4 rings (SSSR count). The van der Waals surface area contributed by atoms with Gasteiger partial charge in [-0.2, -0.15) is 0 Å². The smallest absolute Gasteiger partial charge is 0.292 e. The third kappa shape index (κ3) is 2.67. The number of rotatable bonds is 3. The average Bonchev–Trinajstić information content (AvgIpc) is 3.27. The van der Waals surface area contributed by atoms with E-state index in [9.17, 15) is 4.79 Å². The molecule has 0 atom stereocenters.